The van der Waals surface area contributed by atoms with Gasteiger partial charge in [0, 0.05) is 18.1 Å². The molecule has 1 amide bonds. The molecule has 0 spiro atoms. The van der Waals surface area contributed by atoms with E-state index in [1.165, 1.54) is 35.6 Å². The van der Waals surface area contributed by atoms with Gasteiger partial charge in [-0.05, 0) is 31.2 Å². The van der Waals surface area contributed by atoms with Crippen molar-refractivity contribution in [2.24, 2.45) is 5.92 Å². The second-order valence-electron chi connectivity index (χ2n) is 8.67. The Labute approximate surface area is 209 Å². The first kappa shape index (κ1) is 26.3. The van der Waals surface area contributed by atoms with E-state index in [0.29, 0.717) is 5.75 Å². The molecule has 9 nitrogen and oxygen atoms in total. The number of Topliss-reactive ketones (excluding diaryl/α,β-unsaturated/α-hetero) is 1. The van der Waals surface area contributed by atoms with Crippen LogP contribution in [0.1, 0.15) is 44.2 Å². The molecule has 1 aliphatic carbocycles. The summed E-state index contributed by atoms with van der Waals surface area (Å²) in [6, 6.07) is 9.16. The number of hydrogen-bond donors (Lipinski definition) is 4. The predicted molar refractivity (Wildman–Crippen MR) is 140 cm³/mol. The summed E-state index contributed by atoms with van der Waals surface area (Å²) in [6.45, 7) is 1.42. The molecule has 1 saturated carbocycles. The maximum atomic E-state index is 13.2. The maximum absolute atomic E-state index is 13.2. The molecule has 3 rings (SSSR count). The molecule has 186 valence electrons. The second kappa shape index (κ2) is 13.0. The topological polar surface area (TPSA) is 141 Å². The third-order valence-electron chi connectivity index (χ3n) is 6.00. The SMILES string of the molecule is CC(=N)C(=N)CNc1nccn(C(C(=O)NCC(=O)CSCc2ccccc2)C2CCCC2)c1=O. The molecule has 1 aliphatic rings. The van der Waals surface area contributed by atoms with Gasteiger partial charge in [-0.15, -0.1) is 11.8 Å². The number of aromatic nitrogens is 2. The third kappa shape index (κ3) is 7.61. The van der Waals surface area contributed by atoms with Gasteiger partial charge in [0.15, 0.2) is 11.6 Å². The van der Waals surface area contributed by atoms with Gasteiger partial charge in [-0.2, -0.15) is 0 Å². The number of nitrogens with zero attached hydrogens (tertiary/aromatic N) is 2. The smallest absolute Gasteiger partial charge is 0.294 e. The predicted octanol–water partition coefficient (Wildman–Crippen LogP) is 3.06. The van der Waals surface area contributed by atoms with Crippen molar-refractivity contribution in [3.63, 3.8) is 0 Å². The quantitative estimate of drug-likeness (QED) is 0.314. The van der Waals surface area contributed by atoms with Crippen LogP contribution < -0.4 is 16.2 Å². The molecule has 0 saturated heterocycles. The largest absolute Gasteiger partial charge is 0.360 e. The highest BCUT2D eigenvalue weighted by molar-refractivity contribution is 7.99. The number of hydrogen-bond acceptors (Lipinski definition) is 8. The summed E-state index contributed by atoms with van der Waals surface area (Å²) >= 11 is 1.51. The molecule has 1 fully saturated rings. The van der Waals surface area contributed by atoms with Crippen LogP contribution in [0.2, 0.25) is 0 Å². The van der Waals surface area contributed by atoms with Gasteiger partial charge in [-0.1, -0.05) is 43.2 Å². The highest BCUT2D eigenvalue weighted by Gasteiger charge is 2.33. The number of carbonyl (C=O) groups excluding carboxylic acids is 2. The van der Waals surface area contributed by atoms with E-state index in [2.05, 4.69) is 15.6 Å². The van der Waals surface area contributed by atoms with Gasteiger partial charge in [0.1, 0.15) is 6.04 Å². The van der Waals surface area contributed by atoms with Gasteiger partial charge >= 0.3 is 0 Å². The lowest BCUT2D eigenvalue weighted by Crippen LogP contribution is -2.43. The van der Waals surface area contributed by atoms with Crippen molar-refractivity contribution in [2.45, 2.75) is 44.4 Å². The van der Waals surface area contributed by atoms with Crippen LogP contribution in [0.5, 0.6) is 0 Å². The Bertz CT molecular complexity index is 1110. The average molecular weight is 497 g/mol. The fourth-order valence-corrected chi connectivity index (χ4v) is 4.97. The lowest BCUT2D eigenvalue weighted by Gasteiger charge is -2.25. The summed E-state index contributed by atoms with van der Waals surface area (Å²) in [6.07, 6.45) is 6.59. The number of rotatable bonds is 13. The van der Waals surface area contributed by atoms with Gasteiger partial charge in [0.25, 0.3) is 5.56 Å². The highest BCUT2D eigenvalue weighted by atomic mass is 32.2. The van der Waals surface area contributed by atoms with Crippen LogP contribution >= 0.6 is 11.8 Å². The van der Waals surface area contributed by atoms with Crippen molar-refractivity contribution in [3.05, 3.63) is 58.6 Å². The zero-order chi connectivity index (χ0) is 25.2. The van der Waals surface area contributed by atoms with Gasteiger partial charge in [0.05, 0.1) is 30.3 Å². The standard InChI is InChI=1S/C25H32N6O3S/c1-17(26)21(27)14-29-23-25(34)31(12-11-28-23)22(19-9-5-6-10-19)24(33)30-13-20(32)16-35-15-18-7-3-2-4-8-18/h2-4,7-8,11-12,19,22,26-27H,5-6,9-10,13-16H2,1H3,(H,28,29)(H,30,33). The van der Waals surface area contributed by atoms with E-state index in [1.54, 1.807) is 0 Å². The van der Waals surface area contributed by atoms with Crippen molar-refractivity contribution >= 4 is 40.7 Å². The molecular formula is C25H32N6O3S. The first-order valence-corrected chi connectivity index (χ1v) is 12.9. The molecule has 10 heteroatoms. The molecule has 0 radical (unpaired) electrons. The van der Waals surface area contributed by atoms with Crippen LogP contribution in [0.4, 0.5) is 5.82 Å². The Morgan fingerprint density at radius 2 is 1.89 bits per heavy atom. The van der Waals surface area contributed by atoms with Crippen LogP contribution in [-0.2, 0) is 15.3 Å². The van der Waals surface area contributed by atoms with Crippen molar-refractivity contribution in [3.8, 4) is 0 Å². The van der Waals surface area contributed by atoms with E-state index in [4.69, 9.17) is 10.8 Å². The molecular weight excluding hydrogens is 464 g/mol. The Morgan fingerprint density at radius 1 is 1.17 bits per heavy atom. The Hall–Kier alpha value is -3.27. The van der Waals surface area contributed by atoms with Crippen LogP contribution in [-0.4, -0.2) is 51.5 Å². The Kier molecular flexibility index (Phi) is 9.77. The number of ketones is 1. The molecule has 1 aromatic carbocycles. The number of thioether (sulfide) groups is 1. The second-order valence-corrected chi connectivity index (χ2v) is 9.66. The molecule has 1 aromatic heterocycles. The molecule has 1 atom stereocenters. The van der Waals surface area contributed by atoms with Gasteiger partial charge in [-0.25, -0.2) is 4.98 Å². The lowest BCUT2D eigenvalue weighted by atomic mass is 9.97. The number of benzene rings is 1. The summed E-state index contributed by atoms with van der Waals surface area (Å²) in [5.41, 5.74) is 0.835. The Morgan fingerprint density at radius 3 is 2.57 bits per heavy atom. The van der Waals surface area contributed by atoms with Gasteiger partial charge in [0.2, 0.25) is 5.91 Å². The maximum Gasteiger partial charge on any atom is 0.294 e. The van der Waals surface area contributed by atoms with Crippen molar-refractivity contribution in [1.29, 1.82) is 10.8 Å². The zero-order valence-electron chi connectivity index (χ0n) is 19.9. The first-order valence-electron chi connectivity index (χ1n) is 11.7. The van der Waals surface area contributed by atoms with Crippen LogP contribution in [0.25, 0.3) is 0 Å². The minimum absolute atomic E-state index is 0.00295. The van der Waals surface area contributed by atoms with Crippen molar-refractivity contribution < 1.29 is 9.59 Å². The van der Waals surface area contributed by atoms with Crippen molar-refractivity contribution in [2.75, 3.05) is 24.2 Å². The average Bonchev–Trinajstić information content (AvgIpc) is 3.38. The fourth-order valence-electron chi connectivity index (χ4n) is 4.11. The van der Waals surface area contributed by atoms with E-state index in [9.17, 15) is 14.4 Å². The zero-order valence-corrected chi connectivity index (χ0v) is 20.7. The summed E-state index contributed by atoms with van der Waals surface area (Å²) in [5, 5.41) is 20.9. The van der Waals surface area contributed by atoms with Crippen LogP contribution in [0, 0.1) is 16.7 Å². The Balaban J connectivity index is 1.64. The summed E-state index contributed by atoms with van der Waals surface area (Å²) in [7, 11) is 0. The normalized spacial score (nSPS) is 14.3. The molecule has 0 aliphatic heterocycles. The van der Waals surface area contributed by atoms with Crippen LogP contribution in [0.3, 0.4) is 0 Å². The molecule has 35 heavy (non-hydrogen) atoms. The molecule has 0 bridgehead atoms. The summed E-state index contributed by atoms with van der Waals surface area (Å²) in [4.78, 5) is 42.8. The van der Waals surface area contributed by atoms with E-state index in [-0.39, 0.29) is 47.9 Å². The minimum atomic E-state index is -0.734. The monoisotopic (exact) mass is 496 g/mol. The summed E-state index contributed by atoms with van der Waals surface area (Å²) in [5.74, 6) is 0.623. The van der Waals surface area contributed by atoms with Gasteiger partial charge in [-0.3, -0.25) is 19.0 Å². The summed E-state index contributed by atoms with van der Waals surface area (Å²) < 4.78 is 1.39. The van der Waals surface area contributed by atoms with Crippen molar-refractivity contribution in [1.82, 2.24) is 14.9 Å². The molecule has 1 heterocycles. The molecule has 4 N–H and O–H groups in total. The van der Waals surface area contributed by atoms with E-state index in [1.807, 2.05) is 30.3 Å². The van der Waals surface area contributed by atoms with E-state index in [0.717, 1.165) is 37.0 Å². The number of anilines is 1. The number of amides is 1. The lowest BCUT2D eigenvalue weighted by molar-refractivity contribution is -0.128. The minimum Gasteiger partial charge on any atom is -0.360 e. The van der Waals surface area contributed by atoms with Gasteiger partial charge < -0.3 is 21.5 Å². The van der Waals surface area contributed by atoms with E-state index >= 15 is 0 Å². The number of carbonyl (C=O) groups is 2. The third-order valence-corrected chi connectivity index (χ3v) is 7.07. The number of nitrogens with one attached hydrogen (secondary N) is 4. The fraction of sp³-hybridized carbons (Fsp3) is 0.440. The molecule has 2 aromatic rings. The first-order chi connectivity index (χ1) is 16.9. The molecule has 1 unspecified atom stereocenters. The van der Waals surface area contributed by atoms with Crippen LogP contribution in [0.15, 0.2) is 47.5 Å². The van der Waals surface area contributed by atoms with E-state index < -0.39 is 11.6 Å². The highest BCUT2D eigenvalue weighted by Crippen LogP contribution is 2.34.